The number of nitrogens with one attached hydrogen (secondary N) is 1. The molecule has 1 aliphatic rings. The van der Waals surface area contributed by atoms with Crippen molar-refractivity contribution in [2.45, 2.75) is 18.9 Å². The molecule has 3 heterocycles. The zero-order chi connectivity index (χ0) is 12.9. The first kappa shape index (κ1) is 11.8. The van der Waals surface area contributed by atoms with Crippen LogP contribution in [0.5, 0.6) is 0 Å². The fourth-order valence-electron chi connectivity index (χ4n) is 2.07. The van der Waals surface area contributed by atoms with E-state index in [4.69, 9.17) is 4.74 Å². The summed E-state index contributed by atoms with van der Waals surface area (Å²) in [7, 11) is 0. The Labute approximate surface area is 111 Å². The molecular weight excluding hydrogens is 240 g/mol. The third kappa shape index (κ3) is 2.76. The number of ether oxygens (including phenoxy) is 1. The lowest BCUT2D eigenvalue weighted by Crippen LogP contribution is -2.23. The van der Waals surface area contributed by atoms with Crippen LogP contribution in [-0.4, -0.2) is 27.4 Å². The van der Waals surface area contributed by atoms with E-state index >= 15 is 0 Å². The molecule has 1 N–H and O–H groups in total. The van der Waals surface area contributed by atoms with Crippen LogP contribution in [0, 0.1) is 0 Å². The van der Waals surface area contributed by atoms with Crippen LogP contribution in [-0.2, 0) is 4.74 Å². The van der Waals surface area contributed by atoms with E-state index in [1.54, 1.807) is 23.3 Å². The van der Waals surface area contributed by atoms with E-state index in [1.165, 1.54) is 0 Å². The van der Waals surface area contributed by atoms with Crippen molar-refractivity contribution in [3.63, 3.8) is 0 Å². The highest BCUT2D eigenvalue weighted by Crippen LogP contribution is 2.17. The van der Waals surface area contributed by atoms with Gasteiger partial charge in [0.25, 0.3) is 0 Å². The van der Waals surface area contributed by atoms with Gasteiger partial charge in [0.1, 0.15) is 6.10 Å². The third-order valence-corrected chi connectivity index (χ3v) is 3.05. The predicted octanol–water partition coefficient (Wildman–Crippen LogP) is 2.37. The number of allylic oxidation sites excluding steroid dienone is 1. The van der Waals surface area contributed by atoms with Gasteiger partial charge in [-0.25, -0.2) is 9.67 Å². The maximum absolute atomic E-state index is 5.54. The molecule has 2 aromatic rings. The molecule has 5 nitrogen and oxygen atoms in total. The van der Waals surface area contributed by atoms with Crippen LogP contribution in [0.15, 0.2) is 49.1 Å². The molecule has 0 bridgehead atoms. The van der Waals surface area contributed by atoms with E-state index < -0.39 is 0 Å². The van der Waals surface area contributed by atoms with Gasteiger partial charge in [-0.05, 0) is 37.1 Å². The van der Waals surface area contributed by atoms with E-state index in [9.17, 15) is 0 Å². The van der Waals surface area contributed by atoms with E-state index in [0.29, 0.717) is 0 Å². The summed E-state index contributed by atoms with van der Waals surface area (Å²) in [4.78, 5) is 4.37. The van der Waals surface area contributed by atoms with E-state index in [2.05, 4.69) is 21.5 Å². The molecule has 3 rings (SSSR count). The zero-order valence-corrected chi connectivity index (χ0v) is 10.6. The molecular formula is C14H16N4O. The van der Waals surface area contributed by atoms with Crippen LogP contribution >= 0.6 is 0 Å². The predicted molar refractivity (Wildman–Crippen MR) is 73.1 cm³/mol. The van der Waals surface area contributed by atoms with Crippen molar-refractivity contribution in [1.29, 1.82) is 0 Å². The molecule has 0 aromatic carbocycles. The van der Waals surface area contributed by atoms with Crippen LogP contribution in [0.3, 0.4) is 0 Å². The van der Waals surface area contributed by atoms with E-state index in [1.807, 2.05) is 24.4 Å². The summed E-state index contributed by atoms with van der Waals surface area (Å²) in [5.41, 5.74) is 0.962. The maximum Gasteiger partial charge on any atom is 0.176 e. The third-order valence-electron chi connectivity index (χ3n) is 3.05. The Morgan fingerprint density at radius 2 is 2.37 bits per heavy atom. The van der Waals surface area contributed by atoms with Crippen molar-refractivity contribution in [3.8, 4) is 5.82 Å². The molecule has 98 valence electrons. The highest BCUT2D eigenvalue weighted by atomic mass is 16.5. The molecule has 0 saturated carbocycles. The minimum atomic E-state index is 0.218. The van der Waals surface area contributed by atoms with Gasteiger partial charge in [-0.3, -0.25) is 0 Å². The van der Waals surface area contributed by atoms with Crippen LogP contribution < -0.4 is 5.32 Å². The largest absolute Gasteiger partial charge is 0.497 e. The molecule has 0 fully saturated rings. The van der Waals surface area contributed by atoms with Crippen molar-refractivity contribution in [2.24, 2.45) is 0 Å². The average Bonchev–Trinajstić information content (AvgIpc) is 3.01. The van der Waals surface area contributed by atoms with Crippen molar-refractivity contribution in [1.82, 2.24) is 14.8 Å². The normalized spacial score (nSPS) is 18.0. The first-order valence-corrected chi connectivity index (χ1v) is 6.43. The minimum Gasteiger partial charge on any atom is -0.497 e. The summed E-state index contributed by atoms with van der Waals surface area (Å²) in [6.45, 7) is 0.768. The summed E-state index contributed by atoms with van der Waals surface area (Å²) in [6.07, 6.45) is 11.6. The standard InChI is InChI=1S/C14H16N4O/c1-2-10-19-12(5-1)11-16-13-6-3-7-15-14(13)18-9-4-8-17-18/h2-4,6-10,12,16H,1,5,11H2. The second-order valence-electron chi connectivity index (χ2n) is 4.41. The molecule has 0 aliphatic carbocycles. The first-order valence-electron chi connectivity index (χ1n) is 6.43. The number of pyridine rings is 1. The Morgan fingerprint density at radius 3 is 3.16 bits per heavy atom. The lowest BCUT2D eigenvalue weighted by atomic mass is 10.1. The summed E-state index contributed by atoms with van der Waals surface area (Å²) in [5, 5.41) is 7.60. The minimum absolute atomic E-state index is 0.218. The number of rotatable bonds is 4. The lowest BCUT2D eigenvalue weighted by molar-refractivity contribution is 0.135. The summed E-state index contributed by atoms with van der Waals surface area (Å²) < 4.78 is 7.30. The monoisotopic (exact) mass is 256 g/mol. The molecule has 19 heavy (non-hydrogen) atoms. The first-order chi connectivity index (χ1) is 9.43. The smallest absolute Gasteiger partial charge is 0.176 e. The fraction of sp³-hybridized carbons (Fsp3) is 0.286. The lowest BCUT2D eigenvalue weighted by Gasteiger charge is -2.20. The zero-order valence-electron chi connectivity index (χ0n) is 10.6. The molecule has 0 saturated heterocycles. The van der Waals surface area contributed by atoms with Crippen molar-refractivity contribution in [2.75, 3.05) is 11.9 Å². The molecule has 5 heteroatoms. The van der Waals surface area contributed by atoms with Gasteiger partial charge in [-0.1, -0.05) is 0 Å². The van der Waals surface area contributed by atoms with Gasteiger partial charge in [-0.15, -0.1) is 0 Å². The van der Waals surface area contributed by atoms with Gasteiger partial charge in [0.15, 0.2) is 5.82 Å². The van der Waals surface area contributed by atoms with E-state index in [0.717, 1.165) is 30.9 Å². The molecule has 0 amide bonds. The van der Waals surface area contributed by atoms with Gasteiger partial charge in [-0.2, -0.15) is 5.10 Å². The number of hydrogen-bond acceptors (Lipinski definition) is 4. The Kier molecular flexibility index (Phi) is 3.45. The molecule has 1 aliphatic heterocycles. The SMILES string of the molecule is C1=COC(CNc2cccnc2-n2cccn2)CC1. The molecule has 0 spiro atoms. The maximum atomic E-state index is 5.54. The Bertz CT molecular complexity index is 550. The van der Waals surface area contributed by atoms with Crippen LogP contribution in [0.4, 0.5) is 5.69 Å². The van der Waals surface area contributed by atoms with Gasteiger partial charge >= 0.3 is 0 Å². The highest BCUT2D eigenvalue weighted by Gasteiger charge is 2.12. The van der Waals surface area contributed by atoms with Gasteiger partial charge in [0.2, 0.25) is 0 Å². The Hall–Kier alpha value is -2.30. The Morgan fingerprint density at radius 1 is 1.37 bits per heavy atom. The molecule has 0 radical (unpaired) electrons. The van der Waals surface area contributed by atoms with Crippen LogP contribution in [0.2, 0.25) is 0 Å². The summed E-state index contributed by atoms with van der Waals surface area (Å²) in [5.74, 6) is 0.804. The number of aromatic nitrogens is 3. The topological polar surface area (TPSA) is 52.0 Å². The van der Waals surface area contributed by atoms with Gasteiger partial charge < -0.3 is 10.1 Å². The van der Waals surface area contributed by atoms with Gasteiger partial charge in [0, 0.05) is 18.6 Å². The summed E-state index contributed by atoms with van der Waals surface area (Å²) >= 11 is 0. The second kappa shape index (κ2) is 5.56. The number of hydrogen-bond donors (Lipinski definition) is 1. The average molecular weight is 256 g/mol. The summed E-state index contributed by atoms with van der Waals surface area (Å²) in [6, 6.07) is 5.80. The van der Waals surface area contributed by atoms with Crippen LogP contribution in [0.1, 0.15) is 12.8 Å². The fourth-order valence-corrected chi connectivity index (χ4v) is 2.07. The second-order valence-corrected chi connectivity index (χ2v) is 4.41. The number of nitrogens with zero attached hydrogens (tertiary/aromatic N) is 3. The quantitative estimate of drug-likeness (QED) is 0.912. The number of anilines is 1. The van der Waals surface area contributed by atoms with E-state index in [-0.39, 0.29) is 6.10 Å². The van der Waals surface area contributed by atoms with Crippen molar-refractivity contribution in [3.05, 3.63) is 49.1 Å². The van der Waals surface area contributed by atoms with Crippen LogP contribution in [0.25, 0.3) is 5.82 Å². The van der Waals surface area contributed by atoms with Crippen molar-refractivity contribution >= 4 is 5.69 Å². The molecule has 1 atom stereocenters. The van der Waals surface area contributed by atoms with Crippen molar-refractivity contribution < 1.29 is 4.74 Å². The Balaban J connectivity index is 1.72. The molecule has 1 unspecified atom stereocenters. The molecule has 2 aromatic heterocycles. The van der Waals surface area contributed by atoms with Gasteiger partial charge in [0.05, 0.1) is 18.5 Å². The highest BCUT2D eigenvalue weighted by molar-refractivity contribution is 5.56.